The average Bonchev–Trinajstić information content (AvgIpc) is 3.12. The maximum atomic E-state index is 12.7. The van der Waals surface area contributed by atoms with Crippen LogP contribution >= 0.6 is 0 Å². The maximum absolute atomic E-state index is 12.7. The fourth-order valence-electron chi connectivity index (χ4n) is 3.89. The molecule has 1 aliphatic heterocycles. The number of nitrogens with zero attached hydrogens (tertiary/aromatic N) is 4. The van der Waals surface area contributed by atoms with Gasteiger partial charge in [0.2, 0.25) is 0 Å². The number of hydrogen-bond donors (Lipinski definition) is 2. The van der Waals surface area contributed by atoms with Gasteiger partial charge in [0.25, 0.3) is 11.5 Å². The quantitative estimate of drug-likeness (QED) is 0.635. The minimum absolute atomic E-state index is 0.0734. The number of carbonyl (C=O) groups excluding carboxylic acids is 2. The van der Waals surface area contributed by atoms with E-state index in [0.717, 1.165) is 43.3 Å². The highest BCUT2D eigenvalue weighted by Gasteiger charge is 2.16. The molecule has 2 N–H and O–H groups in total. The van der Waals surface area contributed by atoms with Crippen molar-refractivity contribution in [2.75, 3.05) is 23.7 Å². The van der Waals surface area contributed by atoms with Crippen LogP contribution in [0, 0.1) is 0 Å². The van der Waals surface area contributed by atoms with Crippen LogP contribution < -0.4 is 21.9 Å². The highest BCUT2D eigenvalue weighted by molar-refractivity contribution is 6.04. The molecule has 0 unspecified atom stereocenters. The van der Waals surface area contributed by atoms with E-state index in [-0.39, 0.29) is 22.8 Å². The van der Waals surface area contributed by atoms with E-state index in [1.165, 1.54) is 30.8 Å². The highest BCUT2D eigenvalue weighted by atomic mass is 16.2. The van der Waals surface area contributed by atoms with Crippen LogP contribution in [0.25, 0.3) is 11.0 Å². The van der Waals surface area contributed by atoms with E-state index in [1.54, 1.807) is 24.3 Å². The number of carbonyl (C=O) groups is 2. The molecule has 172 valence electrons. The van der Waals surface area contributed by atoms with E-state index >= 15 is 0 Å². The molecule has 0 atom stereocenters. The van der Waals surface area contributed by atoms with Gasteiger partial charge in [0.15, 0.2) is 0 Å². The number of rotatable bonds is 3. The first-order valence-electron chi connectivity index (χ1n) is 10.9. The zero-order valence-electron chi connectivity index (χ0n) is 18.6. The van der Waals surface area contributed by atoms with Crippen molar-refractivity contribution in [3.8, 4) is 0 Å². The normalized spacial score (nSPS) is 14.1. The van der Waals surface area contributed by atoms with Crippen LogP contribution in [0.4, 0.5) is 16.2 Å². The standard InChI is InChI=1S/C23H26N6O4/c1-27-19-17(21(31)28(2)23(27)33)11-12-18(26-19)20(30)24-15-7-9-16(10-8-15)25-22(32)29-13-5-3-4-6-14-29/h7-12H,3-6,13-14H2,1-2H3,(H,24,30)(H,25,32). The molecular formula is C23H26N6O4. The number of aromatic nitrogens is 3. The smallest absolute Gasteiger partial charge is 0.325 e. The third kappa shape index (κ3) is 4.64. The molecule has 4 rings (SSSR count). The van der Waals surface area contributed by atoms with Gasteiger partial charge in [-0.3, -0.25) is 18.7 Å². The summed E-state index contributed by atoms with van der Waals surface area (Å²) in [6.45, 7) is 1.52. The summed E-state index contributed by atoms with van der Waals surface area (Å²) in [6, 6.07) is 9.61. The van der Waals surface area contributed by atoms with Crippen molar-refractivity contribution in [3.63, 3.8) is 0 Å². The Kier molecular flexibility index (Phi) is 6.25. The number of fused-ring (bicyclic) bond motifs is 1. The zero-order valence-corrected chi connectivity index (χ0v) is 18.6. The zero-order chi connectivity index (χ0) is 23.5. The molecule has 10 nitrogen and oxygen atoms in total. The van der Waals surface area contributed by atoms with Gasteiger partial charge in [0.05, 0.1) is 5.39 Å². The third-order valence-corrected chi connectivity index (χ3v) is 5.82. The third-order valence-electron chi connectivity index (χ3n) is 5.82. The fraction of sp³-hybridized carbons (Fsp3) is 0.348. The van der Waals surface area contributed by atoms with E-state index in [2.05, 4.69) is 15.6 Å². The molecule has 1 saturated heterocycles. The number of pyridine rings is 1. The van der Waals surface area contributed by atoms with E-state index in [1.807, 2.05) is 4.90 Å². The first-order valence-corrected chi connectivity index (χ1v) is 10.9. The molecule has 0 spiro atoms. The van der Waals surface area contributed by atoms with E-state index in [0.29, 0.717) is 11.4 Å². The Hall–Kier alpha value is -3.95. The Morgan fingerprint density at radius 3 is 2.06 bits per heavy atom. The molecule has 2 aromatic heterocycles. The second-order valence-corrected chi connectivity index (χ2v) is 8.14. The lowest BCUT2D eigenvalue weighted by Crippen LogP contribution is -2.37. The monoisotopic (exact) mass is 450 g/mol. The minimum atomic E-state index is -0.518. The number of hydrogen-bond acceptors (Lipinski definition) is 5. The molecule has 0 aliphatic carbocycles. The summed E-state index contributed by atoms with van der Waals surface area (Å²) in [5.74, 6) is -0.480. The molecule has 0 saturated carbocycles. The molecule has 10 heteroatoms. The van der Waals surface area contributed by atoms with Crippen molar-refractivity contribution in [2.45, 2.75) is 25.7 Å². The highest BCUT2D eigenvalue weighted by Crippen LogP contribution is 2.17. The molecular weight excluding hydrogens is 424 g/mol. The number of benzene rings is 1. The van der Waals surface area contributed by atoms with Crippen LogP contribution in [0.15, 0.2) is 46.0 Å². The lowest BCUT2D eigenvalue weighted by Gasteiger charge is -2.20. The average molecular weight is 450 g/mol. The molecule has 3 aromatic rings. The lowest BCUT2D eigenvalue weighted by molar-refractivity contribution is 0.102. The van der Waals surface area contributed by atoms with Crippen molar-refractivity contribution in [1.82, 2.24) is 19.0 Å². The Morgan fingerprint density at radius 2 is 1.42 bits per heavy atom. The van der Waals surface area contributed by atoms with Crippen molar-refractivity contribution in [3.05, 3.63) is 62.9 Å². The SMILES string of the molecule is Cn1c(=O)c2ccc(C(=O)Nc3ccc(NC(=O)N4CCCCCC4)cc3)nc2n(C)c1=O. The van der Waals surface area contributed by atoms with Crippen molar-refractivity contribution in [1.29, 1.82) is 0 Å². The number of likely N-dealkylation sites (tertiary alicyclic amines) is 1. The Bertz CT molecular complexity index is 1320. The van der Waals surface area contributed by atoms with Gasteiger partial charge >= 0.3 is 11.7 Å². The van der Waals surface area contributed by atoms with Crippen LogP contribution in [-0.4, -0.2) is 44.0 Å². The molecule has 0 radical (unpaired) electrons. The Balaban J connectivity index is 1.46. The van der Waals surface area contributed by atoms with Gasteiger partial charge in [0, 0.05) is 38.6 Å². The molecule has 1 aliphatic rings. The second kappa shape index (κ2) is 9.27. The summed E-state index contributed by atoms with van der Waals surface area (Å²) in [5.41, 5.74) is 0.386. The Morgan fingerprint density at radius 1 is 0.818 bits per heavy atom. The van der Waals surface area contributed by atoms with Gasteiger partial charge in [0.1, 0.15) is 11.3 Å². The number of anilines is 2. The summed E-state index contributed by atoms with van der Waals surface area (Å²) in [6.07, 6.45) is 4.34. The predicted molar refractivity (Wildman–Crippen MR) is 126 cm³/mol. The summed E-state index contributed by atoms with van der Waals surface area (Å²) in [7, 11) is 2.89. The molecule has 1 fully saturated rings. The summed E-state index contributed by atoms with van der Waals surface area (Å²) in [4.78, 5) is 55.6. The molecule has 3 amide bonds. The van der Waals surface area contributed by atoms with Crippen LogP contribution in [-0.2, 0) is 14.1 Å². The molecule has 0 bridgehead atoms. The van der Waals surface area contributed by atoms with E-state index in [9.17, 15) is 19.2 Å². The fourth-order valence-corrected chi connectivity index (χ4v) is 3.89. The first-order chi connectivity index (χ1) is 15.8. The van der Waals surface area contributed by atoms with Gasteiger partial charge in [-0.15, -0.1) is 0 Å². The van der Waals surface area contributed by atoms with E-state index < -0.39 is 17.2 Å². The lowest BCUT2D eigenvalue weighted by atomic mass is 10.2. The van der Waals surface area contributed by atoms with Crippen LogP contribution in [0.1, 0.15) is 36.2 Å². The van der Waals surface area contributed by atoms with Gasteiger partial charge in [-0.2, -0.15) is 0 Å². The predicted octanol–water partition coefficient (Wildman–Crippen LogP) is 2.29. The van der Waals surface area contributed by atoms with Crippen molar-refractivity contribution in [2.24, 2.45) is 14.1 Å². The number of nitrogens with one attached hydrogen (secondary N) is 2. The van der Waals surface area contributed by atoms with Crippen molar-refractivity contribution < 1.29 is 9.59 Å². The second-order valence-electron chi connectivity index (χ2n) is 8.14. The topological polar surface area (TPSA) is 118 Å². The summed E-state index contributed by atoms with van der Waals surface area (Å²) < 4.78 is 2.23. The molecule has 3 heterocycles. The Labute approximate surface area is 189 Å². The van der Waals surface area contributed by atoms with Gasteiger partial charge < -0.3 is 15.5 Å². The van der Waals surface area contributed by atoms with Gasteiger partial charge in [-0.1, -0.05) is 12.8 Å². The van der Waals surface area contributed by atoms with Gasteiger partial charge in [-0.25, -0.2) is 14.6 Å². The molecule has 1 aromatic carbocycles. The number of amides is 3. The summed E-state index contributed by atoms with van der Waals surface area (Å²) >= 11 is 0. The maximum Gasteiger partial charge on any atom is 0.332 e. The largest absolute Gasteiger partial charge is 0.332 e. The molecule has 33 heavy (non-hydrogen) atoms. The number of urea groups is 1. The van der Waals surface area contributed by atoms with Crippen LogP contribution in [0.2, 0.25) is 0 Å². The summed E-state index contributed by atoms with van der Waals surface area (Å²) in [5, 5.41) is 5.88. The van der Waals surface area contributed by atoms with E-state index in [4.69, 9.17) is 0 Å². The minimum Gasteiger partial charge on any atom is -0.325 e. The van der Waals surface area contributed by atoms with Gasteiger partial charge in [-0.05, 0) is 49.2 Å². The number of aryl methyl sites for hydroxylation is 1. The van der Waals surface area contributed by atoms with Crippen LogP contribution in [0.3, 0.4) is 0 Å². The van der Waals surface area contributed by atoms with Crippen LogP contribution in [0.5, 0.6) is 0 Å². The first kappa shape index (κ1) is 22.3. The van der Waals surface area contributed by atoms with Crippen molar-refractivity contribution >= 4 is 34.3 Å².